The first-order valence-corrected chi connectivity index (χ1v) is 7.20. The third kappa shape index (κ3) is 1.67. The molecule has 1 aliphatic carbocycles. The molecule has 3 nitrogen and oxygen atoms in total. The monoisotopic (exact) mass is 277 g/mol. The maximum Gasteiger partial charge on any atom is 0.299 e. The second-order valence-corrected chi connectivity index (χ2v) is 5.82. The number of anilines is 1. The van der Waals surface area contributed by atoms with E-state index < -0.39 is 0 Å². The molecule has 0 spiro atoms. The van der Waals surface area contributed by atoms with Gasteiger partial charge in [-0.2, -0.15) is 0 Å². The van der Waals surface area contributed by atoms with Crippen LogP contribution in [0.25, 0.3) is 0 Å². The Morgan fingerprint density at radius 2 is 1.90 bits per heavy atom. The summed E-state index contributed by atoms with van der Waals surface area (Å²) in [5.74, 6) is -0.423. The van der Waals surface area contributed by atoms with Gasteiger partial charge in [-0.25, -0.2) is 0 Å². The topological polar surface area (TPSA) is 37.4 Å². The molecule has 0 fully saturated rings. The van der Waals surface area contributed by atoms with E-state index in [2.05, 4.69) is 12.1 Å². The van der Waals surface area contributed by atoms with Crippen LogP contribution in [0.1, 0.15) is 33.0 Å². The van der Waals surface area contributed by atoms with Crippen molar-refractivity contribution in [2.24, 2.45) is 0 Å². The molecule has 2 aromatic carbocycles. The van der Waals surface area contributed by atoms with E-state index in [-0.39, 0.29) is 11.7 Å². The predicted molar refractivity (Wildman–Crippen MR) is 80.7 cm³/mol. The van der Waals surface area contributed by atoms with Gasteiger partial charge in [0.1, 0.15) is 0 Å². The summed E-state index contributed by atoms with van der Waals surface area (Å²) in [6.45, 7) is 2.55. The van der Waals surface area contributed by atoms with Crippen LogP contribution in [0.4, 0.5) is 5.69 Å². The Bertz CT molecular complexity index is 779. The van der Waals surface area contributed by atoms with Gasteiger partial charge in [0.05, 0.1) is 11.3 Å². The summed E-state index contributed by atoms with van der Waals surface area (Å²) in [7, 11) is 0. The number of carbonyl (C=O) groups excluding carboxylic acids is 2. The van der Waals surface area contributed by atoms with Gasteiger partial charge >= 0.3 is 0 Å². The Hall–Kier alpha value is -2.42. The number of rotatable bonds is 2. The van der Waals surface area contributed by atoms with Crippen LogP contribution in [0, 0.1) is 6.92 Å². The molecule has 21 heavy (non-hydrogen) atoms. The molecule has 1 aliphatic heterocycles. The van der Waals surface area contributed by atoms with E-state index in [9.17, 15) is 9.59 Å². The number of ketones is 1. The quantitative estimate of drug-likeness (QED) is 0.792. The molecule has 104 valence electrons. The standard InChI is InChI=1S/C18H15NO2/c1-11-5-4-8-15-16(11)19(18(21)17(15)20)10-13-9-12-6-2-3-7-14(12)13/h2-8,13H,9-10H2,1H3. The fourth-order valence-corrected chi connectivity index (χ4v) is 3.46. The first kappa shape index (κ1) is 12.3. The molecule has 1 amide bonds. The summed E-state index contributed by atoms with van der Waals surface area (Å²) in [6.07, 6.45) is 0.982. The number of hydrogen-bond acceptors (Lipinski definition) is 2. The van der Waals surface area contributed by atoms with Crippen molar-refractivity contribution < 1.29 is 9.59 Å². The fraction of sp³-hybridized carbons (Fsp3) is 0.222. The molecule has 0 saturated heterocycles. The molecule has 0 aromatic heterocycles. The largest absolute Gasteiger partial charge is 0.304 e. The minimum absolute atomic E-state index is 0.337. The molecular formula is C18H15NO2. The summed E-state index contributed by atoms with van der Waals surface area (Å²) < 4.78 is 0. The van der Waals surface area contributed by atoms with Crippen LogP contribution in [-0.2, 0) is 11.2 Å². The van der Waals surface area contributed by atoms with Crippen LogP contribution in [0.5, 0.6) is 0 Å². The summed E-state index contributed by atoms with van der Waals surface area (Å²) in [4.78, 5) is 26.1. The third-order valence-corrected chi connectivity index (χ3v) is 4.56. The maximum absolute atomic E-state index is 12.3. The van der Waals surface area contributed by atoms with E-state index >= 15 is 0 Å². The molecule has 1 atom stereocenters. The van der Waals surface area contributed by atoms with Gasteiger partial charge in [-0.15, -0.1) is 0 Å². The SMILES string of the molecule is Cc1cccc2c1N(CC1Cc3ccccc31)C(=O)C2=O. The van der Waals surface area contributed by atoms with Gasteiger partial charge in [-0.1, -0.05) is 36.4 Å². The molecule has 1 unspecified atom stereocenters. The highest BCUT2D eigenvalue weighted by molar-refractivity contribution is 6.52. The maximum atomic E-state index is 12.3. The number of hydrogen-bond donors (Lipinski definition) is 0. The average molecular weight is 277 g/mol. The minimum atomic E-state index is -0.385. The van der Waals surface area contributed by atoms with Crippen molar-refractivity contribution in [2.75, 3.05) is 11.4 Å². The number of Topliss-reactive ketones (excluding diaryl/α,β-unsaturated/α-hetero) is 1. The van der Waals surface area contributed by atoms with Gasteiger partial charge in [0.25, 0.3) is 11.7 Å². The summed E-state index contributed by atoms with van der Waals surface area (Å²) >= 11 is 0. The lowest BCUT2D eigenvalue weighted by Crippen LogP contribution is -2.37. The number of aryl methyl sites for hydroxylation is 1. The van der Waals surface area contributed by atoms with Gasteiger partial charge < -0.3 is 4.90 Å². The van der Waals surface area contributed by atoms with E-state index in [1.165, 1.54) is 11.1 Å². The third-order valence-electron chi connectivity index (χ3n) is 4.56. The second kappa shape index (κ2) is 4.29. The van der Waals surface area contributed by atoms with Crippen LogP contribution < -0.4 is 4.90 Å². The first-order chi connectivity index (χ1) is 10.2. The second-order valence-electron chi connectivity index (χ2n) is 5.82. The highest BCUT2D eigenvalue weighted by atomic mass is 16.2. The van der Waals surface area contributed by atoms with Crippen LogP contribution >= 0.6 is 0 Å². The highest BCUT2D eigenvalue weighted by Crippen LogP contribution is 2.39. The van der Waals surface area contributed by atoms with Gasteiger partial charge in [0, 0.05) is 12.5 Å². The van der Waals surface area contributed by atoms with Crippen LogP contribution in [-0.4, -0.2) is 18.2 Å². The Kier molecular flexibility index (Phi) is 2.52. The van der Waals surface area contributed by atoms with Crippen molar-refractivity contribution in [3.05, 3.63) is 64.7 Å². The number of amides is 1. The van der Waals surface area contributed by atoms with Crippen molar-refractivity contribution >= 4 is 17.4 Å². The van der Waals surface area contributed by atoms with Crippen molar-refractivity contribution in [3.8, 4) is 0 Å². The van der Waals surface area contributed by atoms with E-state index in [0.717, 1.165) is 17.7 Å². The lowest BCUT2D eigenvalue weighted by atomic mass is 9.77. The van der Waals surface area contributed by atoms with Crippen LogP contribution in [0.3, 0.4) is 0 Å². The average Bonchev–Trinajstić information content (AvgIpc) is 2.71. The Labute approximate surface area is 123 Å². The van der Waals surface area contributed by atoms with Gasteiger partial charge in [0.2, 0.25) is 0 Å². The molecule has 2 aromatic rings. The normalized spacial score (nSPS) is 19.3. The van der Waals surface area contributed by atoms with E-state index in [4.69, 9.17) is 0 Å². The molecule has 0 N–H and O–H groups in total. The zero-order valence-electron chi connectivity index (χ0n) is 11.8. The van der Waals surface area contributed by atoms with Crippen molar-refractivity contribution in [3.63, 3.8) is 0 Å². The van der Waals surface area contributed by atoms with Crippen LogP contribution in [0.2, 0.25) is 0 Å². The molecule has 0 radical (unpaired) electrons. The van der Waals surface area contributed by atoms with Gasteiger partial charge in [-0.05, 0) is 36.1 Å². The Balaban J connectivity index is 1.69. The lowest BCUT2D eigenvalue weighted by Gasteiger charge is -2.33. The number of fused-ring (bicyclic) bond motifs is 2. The predicted octanol–water partition coefficient (Wildman–Crippen LogP) is 2.86. The number of para-hydroxylation sites is 1. The summed E-state index contributed by atoms with van der Waals surface area (Å²) in [6, 6.07) is 13.8. The van der Waals surface area contributed by atoms with Gasteiger partial charge in [0.15, 0.2) is 0 Å². The fourth-order valence-electron chi connectivity index (χ4n) is 3.46. The van der Waals surface area contributed by atoms with Crippen molar-refractivity contribution in [2.45, 2.75) is 19.3 Å². The van der Waals surface area contributed by atoms with Crippen LogP contribution in [0.15, 0.2) is 42.5 Å². The Morgan fingerprint density at radius 1 is 1.10 bits per heavy atom. The molecular weight excluding hydrogens is 262 g/mol. The molecule has 0 saturated carbocycles. The van der Waals surface area contributed by atoms with Crippen molar-refractivity contribution in [1.29, 1.82) is 0 Å². The molecule has 4 rings (SSSR count). The summed E-state index contributed by atoms with van der Waals surface area (Å²) in [5.41, 5.74) is 4.99. The first-order valence-electron chi connectivity index (χ1n) is 7.20. The molecule has 1 heterocycles. The van der Waals surface area contributed by atoms with Gasteiger partial charge in [-0.3, -0.25) is 9.59 Å². The van der Waals surface area contributed by atoms with Crippen molar-refractivity contribution in [1.82, 2.24) is 0 Å². The minimum Gasteiger partial charge on any atom is -0.304 e. The number of carbonyl (C=O) groups is 2. The zero-order valence-corrected chi connectivity index (χ0v) is 11.8. The molecule has 0 bridgehead atoms. The lowest BCUT2D eigenvalue weighted by molar-refractivity contribution is -0.114. The number of benzene rings is 2. The summed E-state index contributed by atoms with van der Waals surface area (Å²) in [5, 5.41) is 0. The van der Waals surface area contributed by atoms with E-state index in [1.807, 2.05) is 31.2 Å². The zero-order chi connectivity index (χ0) is 14.6. The van der Waals surface area contributed by atoms with E-state index in [0.29, 0.717) is 18.0 Å². The van der Waals surface area contributed by atoms with E-state index in [1.54, 1.807) is 11.0 Å². The number of nitrogens with zero attached hydrogens (tertiary/aromatic N) is 1. The molecule has 3 heteroatoms. The molecule has 2 aliphatic rings. The highest BCUT2D eigenvalue weighted by Gasteiger charge is 2.39. The smallest absolute Gasteiger partial charge is 0.299 e. The Morgan fingerprint density at radius 3 is 2.71 bits per heavy atom.